The first-order valence-electron chi connectivity index (χ1n) is 5.63. The van der Waals surface area contributed by atoms with Crippen LogP contribution >= 0.6 is 0 Å². The largest absolute Gasteiger partial charge is 1.00 e. The Morgan fingerprint density at radius 3 is 1.73 bits per heavy atom. The van der Waals surface area contributed by atoms with Crippen molar-refractivity contribution >= 4 is 31.5 Å². The van der Waals surface area contributed by atoms with Crippen molar-refractivity contribution in [2.75, 3.05) is 10.5 Å². The SMILES string of the molecule is Nc1ccc(S(=O)(=O)Nc2ccc(S(=O)(=O)[O-])cc2)cc1.[Na+]. The van der Waals surface area contributed by atoms with Crippen molar-refractivity contribution in [3.8, 4) is 0 Å². The van der Waals surface area contributed by atoms with Gasteiger partial charge in [0.2, 0.25) is 0 Å². The van der Waals surface area contributed by atoms with E-state index in [1.807, 2.05) is 0 Å². The van der Waals surface area contributed by atoms with Gasteiger partial charge in [0.1, 0.15) is 10.1 Å². The minimum atomic E-state index is -4.56. The Morgan fingerprint density at radius 1 is 0.818 bits per heavy atom. The Labute approximate surface area is 150 Å². The second-order valence-electron chi connectivity index (χ2n) is 4.15. The van der Waals surface area contributed by atoms with Crippen LogP contribution in [0.15, 0.2) is 58.3 Å². The molecule has 0 atom stereocenters. The number of rotatable bonds is 4. The van der Waals surface area contributed by atoms with E-state index in [0.29, 0.717) is 5.69 Å². The number of nitrogen functional groups attached to an aromatic ring is 1. The summed E-state index contributed by atoms with van der Waals surface area (Å²) in [4.78, 5) is -0.421. The second kappa shape index (κ2) is 6.99. The van der Waals surface area contributed by atoms with E-state index in [1.54, 1.807) is 0 Å². The Balaban J connectivity index is 0.00000242. The van der Waals surface area contributed by atoms with Crippen molar-refractivity contribution in [3.63, 3.8) is 0 Å². The maximum absolute atomic E-state index is 12.1. The fraction of sp³-hybridized carbons (Fsp3) is 0. The number of benzene rings is 2. The van der Waals surface area contributed by atoms with Gasteiger partial charge in [0.05, 0.1) is 9.79 Å². The third-order valence-corrected chi connectivity index (χ3v) is 4.83. The standard InChI is InChI=1S/C12H12N2O5S2.Na/c13-9-1-5-11(6-2-9)20(15,16)14-10-3-7-12(8-4-10)21(17,18)19;/h1-8,14H,13H2,(H,17,18,19);/q;+1/p-1. The van der Waals surface area contributed by atoms with Crippen LogP contribution in [0.1, 0.15) is 0 Å². The average Bonchev–Trinajstić information content (AvgIpc) is 2.38. The van der Waals surface area contributed by atoms with Gasteiger partial charge in [-0.1, -0.05) is 0 Å². The molecular weight excluding hydrogens is 339 g/mol. The molecule has 0 fully saturated rings. The van der Waals surface area contributed by atoms with Crippen LogP contribution in [0.4, 0.5) is 11.4 Å². The molecule has 0 aliphatic rings. The zero-order valence-electron chi connectivity index (χ0n) is 11.6. The van der Waals surface area contributed by atoms with E-state index in [-0.39, 0.29) is 40.1 Å². The smallest absolute Gasteiger partial charge is 0.744 e. The summed E-state index contributed by atoms with van der Waals surface area (Å²) in [5, 5.41) is 0. The summed E-state index contributed by atoms with van der Waals surface area (Å²) in [5.74, 6) is 0. The molecule has 112 valence electrons. The molecule has 0 spiro atoms. The molecule has 3 N–H and O–H groups in total. The Morgan fingerprint density at radius 2 is 1.27 bits per heavy atom. The van der Waals surface area contributed by atoms with Crippen molar-refractivity contribution < 1.29 is 50.9 Å². The van der Waals surface area contributed by atoms with Gasteiger partial charge in [-0.05, 0) is 48.5 Å². The van der Waals surface area contributed by atoms with Crippen molar-refractivity contribution in [2.24, 2.45) is 0 Å². The van der Waals surface area contributed by atoms with Gasteiger partial charge in [0.15, 0.2) is 0 Å². The normalized spacial score (nSPS) is 11.5. The molecule has 0 radical (unpaired) electrons. The molecule has 2 rings (SSSR count). The van der Waals surface area contributed by atoms with Gasteiger partial charge in [0.25, 0.3) is 10.0 Å². The number of anilines is 2. The Kier molecular flexibility index (Phi) is 6.02. The van der Waals surface area contributed by atoms with E-state index in [9.17, 15) is 21.4 Å². The number of hydrogen-bond donors (Lipinski definition) is 2. The van der Waals surface area contributed by atoms with Gasteiger partial charge >= 0.3 is 29.6 Å². The summed E-state index contributed by atoms with van der Waals surface area (Å²) in [5.41, 5.74) is 6.05. The predicted octanol–water partition coefficient (Wildman–Crippen LogP) is -2.02. The molecule has 22 heavy (non-hydrogen) atoms. The fourth-order valence-electron chi connectivity index (χ4n) is 1.55. The van der Waals surface area contributed by atoms with Crippen LogP contribution in [0.2, 0.25) is 0 Å². The first kappa shape index (κ1) is 18.9. The number of nitrogens with one attached hydrogen (secondary N) is 1. The molecule has 0 unspecified atom stereocenters. The molecular formula is C12H11N2NaO5S2. The molecule has 0 aliphatic heterocycles. The maximum atomic E-state index is 12.1. The molecule has 0 bridgehead atoms. The van der Waals surface area contributed by atoms with Crippen molar-refractivity contribution in [1.29, 1.82) is 0 Å². The van der Waals surface area contributed by atoms with E-state index < -0.39 is 25.0 Å². The molecule has 10 heteroatoms. The Bertz CT molecular complexity index is 847. The van der Waals surface area contributed by atoms with Crippen LogP contribution in [0.3, 0.4) is 0 Å². The second-order valence-corrected chi connectivity index (χ2v) is 7.22. The molecule has 0 heterocycles. The topological polar surface area (TPSA) is 129 Å². The van der Waals surface area contributed by atoms with Crippen molar-refractivity contribution in [1.82, 2.24) is 0 Å². The van der Waals surface area contributed by atoms with Gasteiger partial charge in [-0.25, -0.2) is 16.8 Å². The number of sulfonamides is 1. The molecule has 0 saturated carbocycles. The van der Waals surface area contributed by atoms with Crippen LogP contribution in [-0.4, -0.2) is 21.4 Å². The summed E-state index contributed by atoms with van der Waals surface area (Å²) in [7, 11) is -8.37. The maximum Gasteiger partial charge on any atom is 1.00 e. The van der Waals surface area contributed by atoms with Gasteiger partial charge in [-0.3, -0.25) is 4.72 Å². The monoisotopic (exact) mass is 350 g/mol. The van der Waals surface area contributed by atoms with Gasteiger partial charge in [0, 0.05) is 11.4 Å². The van der Waals surface area contributed by atoms with E-state index in [0.717, 1.165) is 12.1 Å². The first-order chi connectivity index (χ1) is 9.68. The van der Waals surface area contributed by atoms with Gasteiger partial charge in [-0.15, -0.1) is 0 Å². The molecule has 0 aromatic heterocycles. The van der Waals surface area contributed by atoms with Crippen LogP contribution in [0.25, 0.3) is 0 Å². The molecule has 0 saturated heterocycles. The summed E-state index contributed by atoms with van der Waals surface area (Å²) in [6.45, 7) is 0. The zero-order chi connectivity index (χ0) is 15.7. The average molecular weight is 350 g/mol. The Hall–Kier alpha value is -1.10. The molecule has 0 aliphatic carbocycles. The van der Waals surface area contributed by atoms with E-state index in [4.69, 9.17) is 5.73 Å². The molecule has 2 aromatic rings. The third-order valence-electron chi connectivity index (χ3n) is 2.59. The van der Waals surface area contributed by atoms with E-state index in [2.05, 4.69) is 4.72 Å². The third kappa shape index (κ3) is 4.70. The van der Waals surface area contributed by atoms with E-state index in [1.165, 1.54) is 36.4 Å². The van der Waals surface area contributed by atoms with Crippen LogP contribution in [0, 0.1) is 0 Å². The van der Waals surface area contributed by atoms with Crippen LogP contribution in [-0.2, 0) is 20.1 Å². The summed E-state index contributed by atoms with van der Waals surface area (Å²) in [6, 6.07) is 10.0. The molecule has 7 nitrogen and oxygen atoms in total. The first-order valence-corrected chi connectivity index (χ1v) is 8.52. The molecule has 2 aromatic carbocycles. The van der Waals surface area contributed by atoms with Crippen molar-refractivity contribution in [2.45, 2.75) is 9.79 Å². The predicted molar refractivity (Wildman–Crippen MR) is 76.1 cm³/mol. The number of hydrogen-bond acceptors (Lipinski definition) is 6. The van der Waals surface area contributed by atoms with Crippen LogP contribution < -0.4 is 40.0 Å². The molecule has 0 amide bonds. The van der Waals surface area contributed by atoms with Gasteiger partial charge in [-0.2, -0.15) is 0 Å². The van der Waals surface area contributed by atoms with Crippen molar-refractivity contribution in [3.05, 3.63) is 48.5 Å². The summed E-state index contributed by atoms with van der Waals surface area (Å²) >= 11 is 0. The summed E-state index contributed by atoms with van der Waals surface area (Å²) in [6.07, 6.45) is 0. The fourth-order valence-corrected chi connectivity index (χ4v) is 3.08. The van der Waals surface area contributed by atoms with Gasteiger partial charge < -0.3 is 10.3 Å². The summed E-state index contributed by atoms with van der Waals surface area (Å²) < 4.78 is 58.7. The van der Waals surface area contributed by atoms with E-state index >= 15 is 0 Å². The quantitative estimate of drug-likeness (QED) is 0.372. The zero-order valence-corrected chi connectivity index (χ0v) is 15.2. The van der Waals surface area contributed by atoms with Crippen LogP contribution in [0.5, 0.6) is 0 Å². The minimum absolute atomic E-state index is 0. The minimum Gasteiger partial charge on any atom is -0.744 e. The number of nitrogens with two attached hydrogens (primary N) is 1.